The highest BCUT2D eigenvalue weighted by Crippen LogP contribution is 2.26. The van der Waals surface area contributed by atoms with Gasteiger partial charge in [-0.15, -0.1) is 0 Å². The van der Waals surface area contributed by atoms with E-state index < -0.39 is 5.97 Å². The molecule has 0 radical (unpaired) electrons. The van der Waals surface area contributed by atoms with Gasteiger partial charge >= 0.3 is 5.97 Å². The SMILES string of the molecule is CCN(CC(=O)O)C1CC(NC(=O)c2cnn(-c3cccc(Cl)c3)c2C)C1. The van der Waals surface area contributed by atoms with Gasteiger partial charge in [-0.05, 0) is 44.5 Å². The molecule has 7 nitrogen and oxygen atoms in total. The van der Waals surface area contributed by atoms with Crippen molar-refractivity contribution in [1.29, 1.82) is 0 Å². The van der Waals surface area contributed by atoms with Crippen molar-refractivity contribution in [2.45, 2.75) is 38.8 Å². The van der Waals surface area contributed by atoms with Crippen molar-refractivity contribution in [2.75, 3.05) is 13.1 Å². The van der Waals surface area contributed by atoms with E-state index >= 15 is 0 Å². The number of rotatable bonds is 7. The smallest absolute Gasteiger partial charge is 0.317 e. The molecule has 2 aromatic rings. The molecule has 0 spiro atoms. The van der Waals surface area contributed by atoms with Gasteiger partial charge in [-0.2, -0.15) is 5.10 Å². The van der Waals surface area contributed by atoms with Crippen molar-refractivity contribution < 1.29 is 14.7 Å². The number of aromatic nitrogens is 2. The molecule has 3 rings (SSSR count). The lowest BCUT2D eigenvalue weighted by atomic mass is 9.85. The summed E-state index contributed by atoms with van der Waals surface area (Å²) >= 11 is 6.03. The molecule has 1 heterocycles. The number of nitrogens with one attached hydrogen (secondary N) is 1. The number of carbonyl (C=O) groups is 2. The van der Waals surface area contributed by atoms with Gasteiger partial charge in [0.05, 0.1) is 29.7 Å². The van der Waals surface area contributed by atoms with E-state index in [0.29, 0.717) is 17.1 Å². The average Bonchev–Trinajstić information content (AvgIpc) is 2.97. The van der Waals surface area contributed by atoms with Gasteiger partial charge in [-0.3, -0.25) is 14.5 Å². The number of halogens is 1. The van der Waals surface area contributed by atoms with Crippen molar-refractivity contribution in [3.8, 4) is 5.69 Å². The van der Waals surface area contributed by atoms with Crippen LogP contribution in [-0.4, -0.2) is 56.8 Å². The fourth-order valence-corrected chi connectivity index (χ4v) is 3.63. The fraction of sp³-hybridized carbons (Fsp3) is 0.421. The molecule has 144 valence electrons. The number of amides is 1. The van der Waals surface area contributed by atoms with Gasteiger partial charge in [0, 0.05) is 17.1 Å². The van der Waals surface area contributed by atoms with Gasteiger partial charge < -0.3 is 10.4 Å². The van der Waals surface area contributed by atoms with E-state index in [0.717, 1.165) is 24.2 Å². The molecule has 1 aliphatic rings. The third-order valence-corrected chi connectivity index (χ3v) is 5.25. The maximum Gasteiger partial charge on any atom is 0.317 e. The van der Waals surface area contributed by atoms with E-state index in [-0.39, 0.29) is 24.5 Å². The first-order chi connectivity index (χ1) is 12.9. The van der Waals surface area contributed by atoms with Crippen LogP contribution >= 0.6 is 11.6 Å². The predicted molar refractivity (Wildman–Crippen MR) is 102 cm³/mol. The summed E-state index contributed by atoms with van der Waals surface area (Å²) in [5.41, 5.74) is 2.07. The minimum Gasteiger partial charge on any atom is -0.480 e. The number of carbonyl (C=O) groups excluding carboxylic acids is 1. The molecular formula is C19H23ClN4O3. The van der Waals surface area contributed by atoms with Gasteiger partial charge in [0.1, 0.15) is 0 Å². The number of carboxylic acids is 1. The predicted octanol–water partition coefficient (Wildman–Crippen LogP) is 2.50. The lowest BCUT2D eigenvalue weighted by Gasteiger charge is -2.42. The number of carboxylic acid groups (broad SMARTS) is 1. The second-order valence-corrected chi connectivity index (χ2v) is 7.22. The van der Waals surface area contributed by atoms with E-state index in [1.807, 2.05) is 30.9 Å². The quantitative estimate of drug-likeness (QED) is 0.758. The van der Waals surface area contributed by atoms with Gasteiger partial charge in [0.25, 0.3) is 5.91 Å². The van der Waals surface area contributed by atoms with Crippen molar-refractivity contribution in [1.82, 2.24) is 20.0 Å². The molecule has 1 aliphatic carbocycles. The van der Waals surface area contributed by atoms with Crippen LogP contribution in [0, 0.1) is 6.92 Å². The Balaban J connectivity index is 1.61. The molecule has 8 heteroatoms. The summed E-state index contributed by atoms with van der Waals surface area (Å²) < 4.78 is 1.69. The van der Waals surface area contributed by atoms with Crippen LogP contribution < -0.4 is 5.32 Å². The Bertz CT molecular complexity index is 845. The van der Waals surface area contributed by atoms with Gasteiger partial charge in [-0.25, -0.2) is 4.68 Å². The molecule has 0 unspecified atom stereocenters. The minimum absolute atomic E-state index is 0.0351. The highest BCUT2D eigenvalue weighted by Gasteiger charge is 2.35. The molecule has 1 saturated carbocycles. The summed E-state index contributed by atoms with van der Waals surface area (Å²) in [6.07, 6.45) is 3.08. The van der Waals surface area contributed by atoms with Crippen molar-refractivity contribution >= 4 is 23.5 Å². The largest absolute Gasteiger partial charge is 0.480 e. The zero-order valence-corrected chi connectivity index (χ0v) is 16.1. The maximum absolute atomic E-state index is 12.6. The lowest BCUT2D eigenvalue weighted by Crippen LogP contribution is -2.54. The summed E-state index contributed by atoms with van der Waals surface area (Å²) in [5, 5.41) is 16.9. The molecule has 27 heavy (non-hydrogen) atoms. The Kier molecular flexibility index (Phi) is 5.82. The summed E-state index contributed by atoms with van der Waals surface area (Å²) in [4.78, 5) is 25.4. The first-order valence-corrected chi connectivity index (χ1v) is 9.34. The zero-order chi connectivity index (χ0) is 19.6. The second-order valence-electron chi connectivity index (χ2n) is 6.79. The van der Waals surface area contributed by atoms with Crippen molar-refractivity contribution in [3.63, 3.8) is 0 Å². The first kappa shape index (κ1) is 19.4. The number of hydrogen-bond donors (Lipinski definition) is 2. The van der Waals surface area contributed by atoms with E-state index in [1.165, 1.54) is 0 Å². The molecule has 1 aromatic carbocycles. The molecule has 1 amide bonds. The van der Waals surface area contributed by atoms with Crippen LogP contribution in [0.1, 0.15) is 35.8 Å². The molecule has 0 bridgehead atoms. The monoisotopic (exact) mass is 390 g/mol. The Morgan fingerprint density at radius 3 is 2.78 bits per heavy atom. The molecule has 1 aromatic heterocycles. The normalized spacial score (nSPS) is 19.0. The molecule has 0 aliphatic heterocycles. The van der Waals surface area contributed by atoms with Crippen LogP contribution in [0.3, 0.4) is 0 Å². The summed E-state index contributed by atoms with van der Waals surface area (Å²) in [5.74, 6) is -0.987. The van der Waals surface area contributed by atoms with Crippen LogP contribution in [0.25, 0.3) is 5.69 Å². The molecule has 2 N–H and O–H groups in total. The molecular weight excluding hydrogens is 368 g/mol. The molecule has 0 atom stereocenters. The van der Waals surface area contributed by atoms with Crippen LogP contribution in [0.15, 0.2) is 30.5 Å². The topological polar surface area (TPSA) is 87.5 Å². The number of aliphatic carboxylic acids is 1. The number of benzene rings is 1. The highest BCUT2D eigenvalue weighted by atomic mass is 35.5. The second kappa shape index (κ2) is 8.10. The van der Waals surface area contributed by atoms with E-state index in [1.54, 1.807) is 23.0 Å². The van der Waals surface area contributed by atoms with Gasteiger partial charge in [0.2, 0.25) is 0 Å². The maximum atomic E-state index is 12.6. The zero-order valence-electron chi connectivity index (χ0n) is 15.4. The number of hydrogen-bond acceptors (Lipinski definition) is 4. The Morgan fingerprint density at radius 2 is 2.15 bits per heavy atom. The van der Waals surface area contributed by atoms with Crippen molar-refractivity contribution in [2.24, 2.45) is 0 Å². The standard InChI is InChI=1S/C19H23ClN4O3/c1-3-23(11-18(25)26)16-8-14(9-16)22-19(27)17-10-21-24(12(17)2)15-6-4-5-13(20)7-15/h4-7,10,14,16H,3,8-9,11H2,1-2H3,(H,22,27)(H,25,26). The van der Waals surface area contributed by atoms with E-state index in [4.69, 9.17) is 16.7 Å². The highest BCUT2D eigenvalue weighted by molar-refractivity contribution is 6.30. The van der Waals surface area contributed by atoms with Crippen LogP contribution in [0.5, 0.6) is 0 Å². The third kappa shape index (κ3) is 4.31. The van der Waals surface area contributed by atoms with Crippen LogP contribution in [0.4, 0.5) is 0 Å². The Labute approximate surface area is 162 Å². The Hall–Kier alpha value is -2.38. The van der Waals surface area contributed by atoms with Crippen LogP contribution in [0.2, 0.25) is 5.02 Å². The fourth-order valence-electron chi connectivity index (χ4n) is 3.44. The number of likely N-dealkylation sites (N-methyl/N-ethyl adjacent to an activating group) is 1. The number of nitrogens with zero attached hydrogens (tertiary/aromatic N) is 3. The van der Waals surface area contributed by atoms with Crippen LogP contribution in [-0.2, 0) is 4.79 Å². The van der Waals surface area contributed by atoms with Gasteiger partial charge in [-0.1, -0.05) is 24.6 Å². The summed E-state index contributed by atoms with van der Waals surface area (Å²) in [6.45, 7) is 4.51. The third-order valence-electron chi connectivity index (χ3n) is 5.02. The molecule has 0 saturated heterocycles. The summed E-state index contributed by atoms with van der Waals surface area (Å²) in [6, 6.07) is 7.55. The van der Waals surface area contributed by atoms with E-state index in [9.17, 15) is 9.59 Å². The molecule has 1 fully saturated rings. The first-order valence-electron chi connectivity index (χ1n) is 8.96. The van der Waals surface area contributed by atoms with E-state index in [2.05, 4.69) is 10.4 Å². The van der Waals surface area contributed by atoms with Crippen molar-refractivity contribution in [3.05, 3.63) is 46.7 Å². The Morgan fingerprint density at radius 1 is 1.41 bits per heavy atom. The minimum atomic E-state index is -0.826. The average molecular weight is 391 g/mol. The van der Waals surface area contributed by atoms with Gasteiger partial charge in [0.15, 0.2) is 0 Å². The lowest BCUT2D eigenvalue weighted by molar-refractivity contribution is -0.139. The summed E-state index contributed by atoms with van der Waals surface area (Å²) in [7, 11) is 0.